The van der Waals surface area contributed by atoms with Crippen molar-refractivity contribution in [1.82, 2.24) is 20.5 Å². The van der Waals surface area contributed by atoms with E-state index in [2.05, 4.69) is 27.4 Å². The van der Waals surface area contributed by atoms with Crippen molar-refractivity contribution in [2.45, 2.75) is 38.8 Å². The lowest BCUT2D eigenvalue weighted by Gasteiger charge is -2.31. The smallest absolute Gasteiger partial charge is 0.233 e. The molecule has 1 saturated heterocycles. The number of likely N-dealkylation sites (N-methyl/N-ethyl adjacent to an activating group) is 1. The molecule has 1 aromatic rings. The number of hydrogen-bond donors (Lipinski definition) is 2. The summed E-state index contributed by atoms with van der Waals surface area (Å²) in [5.74, 6) is 0.105. The summed E-state index contributed by atoms with van der Waals surface area (Å²) in [5, 5.41) is 7.49. The summed E-state index contributed by atoms with van der Waals surface area (Å²) in [6.07, 6.45) is 5.21. The lowest BCUT2D eigenvalue weighted by molar-refractivity contribution is -0.122. The van der Waals surface area contributed by atoms with E-state index in [1.54, 1.807) is 18.4 Å². The molecule has 6 heteroatoms. The van der Waals surface area contributed by atoms with Gasteiger partial charge in [0.2, 0.25) is 5.91 Å². The normalized spacial score (nSPS) is 17.3. The Morgan fingerprint density at radius 2 is 2.25 bits per heavy atom. The van der Waals surface area contributed by atoms with Crippen molar-refractivity contribution < 1.29 is 4.79 Å². The highest BCUT2D eigenvalue weighted by atomic mass is 32.1. The summed E-state index contributed by atoms with van der Waals surface area (Å²) in [5.41, 5.74) is 0. The average Bonchev–Trinajstić information content (AvgIpc) is 2.94. The molecule has 1 aliphatic heterocycles. The minimum absolute atomic E-state index is 0.105. The van der Waals surface area contributed by atoms with Crippen molar-refractivity contribution in [3.8, 4) is 0 Å². The third kappa shape index (κ3) is 4.54. The van der Waals surface area contributed by atoms with Gasteiger partial charge in [-0.3, -0.25) is 9.69 Å². The van der Waals surface area contributed by atoms with Gasteiger partial charge < -0.3 is 10.6 Å². The fourth-order valence-electron chi connectivity index (χ4n) is 2.42. The number of likely N-dealkylation sites (tertiary alicyclic amines) is 1. The quantitative estimate of drug-likeness (QED) is 0.822. The topological polar surface area (TPSA) is 57.3 Å². The van der Waals surface area contributed by atoms with Crippen LogP contribution in [0, 0.1) is 0 Å². The molecule has 1 fully saturated rings. The Bertz CT molecular complexity index is 427. The molecule has 1 aliphatic rings. The van der Waals surface area contributed by atoms with Gasteiger partial charge in [-0.1, -0.05) is 6.92 Å². The van der Waals surface area contributed by atoms with E-state index in [0.29, 0.717) is 12.6 Å². The molecule has 0 bridgehead atoms. The van der Waals surface area contributed by atoms with Gasteiger partial charge in [-0.05, 0) is 19.3 Å². The Hall–Kier alpha value is -0.980. The van der Waals surface area contributed by atoms with Crippen molar-refractivity contribution in [3.05, 3.63) is 16.1 Å². The maximum Gasteiger partial charge on any atom is 0.233 e. The lowest BCUT2D eigenvalue weighted by Crippen LogP contribution is -2.45. The molecule has 1 amide bonds. The summed E-state index contributed by atoms with van der Waals surface area (Å²) in [6.45, 7) is 5.57. The van der Waals surface area contributed by atoms with E-state index in [1.807, 2.05) is 6.20 Å². The van der Waals surface area contributed by atoms with Gasteiger partial charge in [-0.15, -0.1) is 11.3 Å². The fraction of sp³-hybridized carbons (Fsp3) is 0.714. The second-order valence-corrected chi connectivity index (χ2v) is 6.38. The number of aryl methyl sites for hydroxylation is 1. The highest BCUT2D eigenvalue weighted by Gasteiger charge is 2.20. The van der Waals surface area contributed by atoms with E-state index in [4.69, 9.17) is 0 Å². The first-order valence-corrected chi connectivity index (χ1v) is 8.12. The average molecular weight is 296 g/mol. The van der Waals surface area contributed by atoms with Crippen molar-refractivity contribution in [2.75, 3.05) is 26.7 Å². The Kier molecular flexibility index (Phi) is 5.94. The highest BCUT2D eigenvalue weighted by molar-refractivity contribution is 7.11. The zero-order valence-corrected chi connectivity index (χ0v) is 13.1. The van der Waals surface area contributed by atoms with E-state index in [1.165, 1.54) is 9.88 Å². The van der Waals surface area contributed by atoms with Gasteiger partial charge in [0.05, 0.1) is 11.6 Å². The number of hydrogen-bond acceptors (Lipinski definition) is 5. The lowest BCUT2D eigenvalue weighted by atomic mass is 10.1. The summed E-state index contributed by atoms with van der Waals surface area (Å²) >= 11 is 1.80. The summed E-state index contributed by atoms with van der Waals surface area (Å²) < 4.78 is 0. The fourth-order valence-corrected chi connectivity index (χ4v) is 3.23. The van der Waals surface area contributed by atoms with E-state index in [9.17, 15) is 4.79 Å². The van der Waals surface area contributed by atoms with Crippen LogP contribution in [0.25, 0.3) is 0 Å². The van der Waals surface area contributed by atoms with Crippen LogP contribution >= 0.6 is 11.3 Å². The molecule has 0 spiro atoms. The summed E-state index contributed by atoms with van der Waals surface area (Å²) in [4.78, 5) is 19.2. The number of rotatable bonds is 6. The van der Waals surface area contributed by atoms with Crippen LogP contribution in [0.2, 0.25) is 0 Å². The number of nitrogens with zero attached hydrogens (tertiary/aromatic N) is 2. The van der Waals surface area contributed by atoms with Gasteiger partial charge in [0.25, 0.3) is 0 Å². The number of carbonyl (C=O) groups is 1. The Balaban J connectivity index is 1.68. The van der Waals surface area contributed by atoms with E-state index in [-0.39, 0.29) is 5.91 Å². The van der Waals surface area contributed by atoms with Crippen LogP contribution in [0.1, 0.15) is 29.7 Å². The molecule has 0 unspecified atom stereocenters. The van der Waals surface area contributed by atoms with Crippen LogP contribution in [0.3, 0.4) is 0 Å². The van der Waals surface area contributed by atoms with Crippen LogP contribution < -0.4 is 10.6 Å². The van der Waals surface area contributed by atoms with Gasteiger partial charge in [0.1, 0.15) is 0 Å². The number of carbonyl (C=O) groups excluding carboxylic acids is 1. The van der Waals surface area contributed by atoms with Gasteiger partial charge in [-0.2, -0.15) is 0 Å². The first kappa shape index (κ1) is 15.4. The highest BCUT2D eigenvalue weighted by Crippen LogP contribution is 2.15. The third-order valence-corrected chi connectivity index (χ3v) is 4.84. The van der Waals surface area contributed by atoms with Crippen LogP contribution in [0.5, 0.6) is 0 Å². The molecular formula is C14H24N4OS. The number of thiazole rings is 1. The predicted molar refractivity (Wildman–Crippen MR) is 81.9 cm³/mol. The van der Waals surface area contributed by atoms with Crippen molar-refractivity contribution in [2.24, 2.45) is 0 Å². The Labute approximate surface area is 124 Å². The Morgan fingerprint density at radius 3 is 2.85 bits per heavy atom. The molecule has 2 heterocycles. The molecule has 20 heavy (non-hydrogen) atoms. The second-order valence-electron chi connectivity index (χ2n) is 5.18. The summed E-state index contributed by atoms with van der Waals surface area (Å²) in [6, 6.07) is 0.558. The zero-order valence-electron chi connectivity index (χ0n) is 12.3. The summed E-state index contributed by atoms with van der Waals surface area (Å²) in [7, 11) is 1.69. The maximum atomic E-state index is 11.3. The van der Waals surface area contributed by atoms with Gasteiger partial charge in [0.15, 0.2) is 0 Å². The van der Waals surface area contributed by atoms with Crippen LogP contribution in [0.15, 0.2) is 6.20 Å². The molecule has 112 valence electrons. The second kappa shape index (κ2) is 7.71. The standard InChI is InChI=1S/C14H24N4OS/c1-3-14-17-9-12(20-14)8-16-11-4-6-18(7-5-11)10-13(19)15-2/h9,11,16H,3-8,10H2,1-2H3,(H,15,19). The molecule has 0 radical (unpaired) electrons. The molecule has 1 aromatic heterocycles. The number of aromatic nitrogens is 1. The van der Waals surface area contributed by atoms with Crippen molar-refractivity contribution in [1.29, 1.82) is 0 Å². The van der Waals surface area contributed by atoms with Crippen LogP contribution in [0.4, 0.5) is 0 Å². The predicted octanol–water partition coefficient (Wildman–Crippen LogP) is 1.01. The number of piperidine rings is 1. The van der Waals surface area contributed by atoms with Gasteiger partial charge in [0, 0.05) is 43.8 Å². The molecule has 2 N–H and O–H groups in total. The Morgan fingerprint density at radius 1 is 1.50 bits per heavy atom. The number of amides is 1. The molecular weight excluding hydrogens is 272 g/mol. The molecule has 0 aliphatic carbocycles. The van der Waals surface area contributed by atoms with Crippen LogP contribution in [-0.4, -0.2) is 48.5 Å². The van der Waals surface area contributed by atoms with E-state index < -0.39 is 0 Å². The van der Waals surface area contributed by atoms with Crippen LogP contribution in [-0.2, 0) is 17.8 Å². The SMILES string of the molecule is CCc1ncc(CNC2CCN(CC(=O)NC)CC2)s1. The maximum absolute atomic E-state index is 11.3. The molecule has 0 saturated carbocycles. The molecule has 2 rings (SSSR count). The number of nitrogens with one attached hydrogen (secondary N) is 2. The van der Waals surface area contributed by atoms with Gasteiger partial charge >= 0.3 is 0 Å². The molecule has 0 aromatic carbocycles. The largest absolute Gasteiger partial charge is 0.358 e. The minimum Gasteiger partial charge on any atom is -0.358 e. The first-order chi connectivity index (χ1) is 9.71. The van der Waals surface area contributed by atoms with E-state index >= 15 is 0 Å². The minimum atomic E-state index is 0.105. The van der Waals surface area contributed by atoms with Gasteiger partial charge in [-0.25, -0.2) is 4.98 Å². The monoisotopic (exact) mass is 296 g/mol. The van der Waals surface area contributed by atoms with Crippen molar-refractivity contribution in [3.63, 3.8) is 0 Å². The van der Waals surface area contributed by atoms with E-state index in [0.717, 1.165) is 38.9 Å². The third-order valence-electron chi connectivity index (χ3n) is 3.70. The zero-order chi connectivity index (χ0) is 14.4. The molecule has 5 nitrogen and oxygen atoms in total. The molecule has 0 atom stereocenters. The van der Waals surface area contributed by atoms with Crippen molar-refractivity contribution >= 4 is 17.2 Å². The first-order valence-electron chi connectivity index (χ1n) is 7.31.